The monoisotopic (exact) mass is 502 g/mol. The van der Waals surface area contributed by atoms with Crippen molar-refractivity contribution in [3.8, 4) is 5.75 Å². The largest absolute Gasteiger partial charge is 0.493 e. The van der Waals surface area contributed by atoms with Gasteiger partial charge in [-0.1, -0.05) is 6.92 Å². The van der Waals surface area contributed by atoms with E-state index in [-0.39, 0.29) is 24.4 Å². The highest BCUT2D eigenvalue weighted by molar-refractivity contribution is 5.82. The summed E-state index contributed by atoms with van der Waals surface area (Å²) < 4.78 is 34.5. The van der Waals surface area contributed by atoms with Gasteiger partial charge in [-0.15, -0.1) is 0 Å². The standard InChI is InChI=1S/C26H32F2N4O4/c1-2-17-13-29-26(30-14-17)31-7-5-18(6-8-31)4-3-9-36-20-10-22(27)21(23(28)11-20)12-24(33)32-15-19(16-32)25(34)35/h10-11,13-14,18-19H,2-9,12,15-16H2,1H3,(H,34,35). The topological polar surface area (TPSA) is 95.9 Å². The number of likely N-dealkylation sites (tertiary alicyclic amines) is 1. The average molecular weight is 503 g/mol. The van der Waals surface area contributed by atoms with Gasteiger partial charge in [0.2, 0.25) is 11.9 Å². The summed E-state index contributed by atoms with van der Waals surface area (Å²) in [6, 6.07) is 2.20. The van der Waals surface area contributed by atoms with Crippen molar-refractivity contribution in [1.29, 1.82) is 0 Å². The van der Waals surface area contributed by atoms with Crippen LogP contribution < -0.4 is 9.64 Å². The molecule has 0 aliphatic carbocycles. The summed E-state index contributed by atoms with van der Waals surface area (Å²) in [6.07, 6.45) is 8.04. The summed E-state index contributed by atoms with van der Waals surface area (Å²) in [5.41, 5.74) is 0.796. The Morgan fingerprint density at radius 1 is 1.11 bits per heavy atom. The van der Waals surface area contributed by atoms with Gasteiger partial charge in [-0.05, 0) is 43.6 Å². The molecule has 1 aromatic heterocycles. The minimum absolute atomic E-state index is 0.0669. The van der Waals surface area contributed by atoms with Gasteiger partial charge in [-0.2, -0.15) is 0 Å². The first-order chi connectivity index (χ1) is 17.3. The molecule has 0 saturated carbocycles. The molecule has 2 aliphatic heterocycles. The Labute approximate surface area is 209 Å². The van der Waals surface area contributed by atoms with E-state index in [9.17, 15) is 18.4 Å². The molecule has 10 heteroatoms. The number of carboxylic acids is 1. The predicted molar refractivity (Wildman–Crippen MR) is 129 cm³/mol. The van der Waals surface area contributed by atoms with Gasteiger partial charge in [0.1, 0.15) is 17.4 Å². The molecular formula is C26H32F2N4O4. The first-order valence-electron chi connectivity index (χ1n) is 12.5. The lowest BCUT2D eigenvalue weighted by Crippen LogP contribution is -2.53. The Morgan fingerprint density at radius 2 is 1.75 bits per heavy atom. The van der Waals surface area contributed by atoms with Crippen molar-refractivity contribution in [1.82, 2.24) is 14.9 Å². The molecule has 0 radical (unpaired) electrons. The number of piperidine rings is 1. The second-order valence-corrected chi connectivity index (χ2v) is 9.54. The summed E-state index contributed by atoms with van der Waals surface area (Å²) in [7, 11) is 0. The number of benzene rings is 1. The molecule has 36 heavy (non-hydrogen) atoms. The first kappa shape index (κ1) is 25.8. The third kappa shape index (κ3) is 6.27. The van der Waals surface area contributed by atoms with Crippen LogP contribution in [0.25, 0.3) is 0 Å². The van der Waals surface area contributed by atoms with E-state index in [1.807, 2.05) is 12.4 Å². The fraction of sp³-hybridized carbons (Fsp3) is 0.538. The molecule has 0 atom stereocenters. The quantitative estimate of drug-likeness (QED) is 0.497. The number of carbonyl (C=O) groups excluding carboxylic acids is 1. The summed E-state index contributed by atoms with van der Waals surface area (Å²) in [5.74, 6) is -2.32. The van der Waals surface area contributed by atoms with Crippen molar-refractivity contribution < 1.29 is 28.2 Å². The van der Waals surface area contributed by atoms with Gasteiger partial charge >= 0.3 is 5.97 Å². The van der Waals surface area contributed by atoms with Crippen LogP contribution in [0.4, 0.5) is 14.7 Å². The van der Waals surface area contributed by atoms with Gasteiger partial charge in [0, 0.05) is 56.3 Å². The molecule has 3 heterocycles. The van der Waals surface area contributed by atoms with Crippen molar-refractivity contribution in [3.63, 3.8) is 0 Å². The molecule has 2 saturated heterocycles. The summed E-state index contributed by atoms with van der Waals surface area (Å²) in [5, 5.41) is 8.89. The van der Waals surface area contributed by atoms with E-state index in [1.165, 1.54) is 4.90 Å². The lowest BCUT2D eigenvalue weighted by Gasteiger charge is -2.36. The highest BCUT2D eigenvalue weighted by Gasteiger charge is 2.36. The van der Waals surface area contributed by atoms with E-state index >= 15 is 0 Å². The number of ether oxygens (including phenoxy) is 1. The normalized spacial score (nSPS) is 16.6. The number of rotatable bonds is 10. The van der Waals surface area contributed by atoms with Crippen LogP contribution in [0.2, 0.25) is 0 Å². The molecule has 4 rings (SSSR count). The maximum atomic E-state index is 14.5. The number of amides is 1. The number of aryl methyl sites for hydroxylation is 1. The zero-order valence-electron chi connectivity index (χ0n) is 20.5. The Kier molecular flexibility index (Phi) is 8.32. The molecule has 0 unspecified atom stereocenters. The van der Waals surface area contributed by atoms with E-state index in [4.69, 9.17) is 9.84 Å². The number of hydrogen-bond acceptors (Lipinski definition) is 6. The van der Waals surface area contributed by atoms with Crippen LogP contribution in [-0.2, 0) is 22.4 Å². The summed E-state index contributed by atoms with van der Waals surface area (Å²) in [4.78, 5) is 35.5. The van der Waals surface area contributed by atoms with Gasteiger partial charge in [-0.3, -0.25) is 9.59 Å². The molecule has 0 bridgehead atoms. The number of hydrogen-bond donors (Lipinski definition) is 1. The average Bonchev–Trinajstić information content (AvgIpc) is 2.83. The van der Waals surface area contributed by atoms with E-state index in [0.29, 0.717) is 12.5 Å². The zero-order chi connectivity index (χ0) is 25.7. The van der Waals surface area contributed by atoms with Crippen LogP contribution in [0.5, 0.6) is 5.75 Å². The first-order valence-corrected chi connectivity index (χ1v) is 12.5. The molecule has 1 aromatic carbocycles. The second-order valence-electron chi connectivity index (χ2n) is 9.54. The molecular weight excluding hydrogens is 470 g/mol. The predicted octanol–water partition coefficient (Wildman–Crippen LogP) is 3.48. The minimum atomic E-state index is -0.976. The van der Waals surface area contributed by atoms with Crippen molar-refractivity contribution in [2.24, 2.45) is 11.8 Å². The molecule has 2 fully saturated rings. The van der Waals surface area contributed by atoms with Gasteiger partial charge in [0.25, 0.3) is 0 Å². The van der Waals surface area contributed by atoms with Crippen LogP contribution >= 0.6 is 0 Å². The van der Waals surface area contributed by atoms with Crippen molar-refractivity contribution in [2.75, 3.05) is 37.7 Å². The van der Waals surface area contributed by atoms with Crippen molar-refractivity contribution in [2.45, 2.75) is 45.4 Å². The smallest absolute Gasteiger partial charge is 0.310 e. The molecule has 2 aromatic rings. The lowest BCUT2D eigenvalue weighted by atomic mass is 9.92. The lowest BCUT2D eigenvalue weighted by molar-refractivity contribution is -0.152. The number of aromatic nitrogens is 2. The Morgan fingerprint density at radius 3 is 2.33 bits per heavy atom. The Hall–Kier alpha value is -3.30. The summed E-state index contributed by atoms with van der Waals surface area (Å²) in [6.45, 7) is 4.37. The number of aliphatic carboxylic acids is 1. The van der Waals surface area contributed by atoms with E-state index in [2.05, 4.69) is 21.8 Å². The number of nitrogens with zero attached hydrogens (tertiary/aromatic N) is 4. The fourth-order valence-corrected chi connectivity index (χ4v) is 4.61. The molecule has 1 N–H and O–H groups in total. The maximum Gasteiger partial charge on any atom is 0.310 e. The molecule has 8 nitrogen and oxygen atoms in total. The third-order valence-electron chi connectivity index (χ3n) is 7.05. The number of carbonyl (C=O) groups is 2. The SMILES string of the molecule is CCc1cnc(N2CCC(CCCOc3cc(F)c(CC(=O)N4CC(C(=O)O)C4)c(F)c3)CC2)nc1. The van der Waals surface area contributed by atoms with Gasteiger partial charge in [-0.25, -0.2) is 18.7 Å². The number of anilines is 1. The van der Waals surface area contributed by atoms with Gasteiger partial charge in [0.15, 0.2) is 0 Å². The van der Waals surface area contributed by atoms with Crippen LogP contribution in [0, 0.1) is 23.5 Å². The van der Waals surface area contributed by atoms with Crippen LogP contribution in [0.15, 0.2) is 24.5 Å². The van der Waals surface area contributed by atoms with E-state index in [1.54, 1.807) is 0 Å². The summed E-state index contributed by atoms with van der Waals surface area (Å²) >= 11 is 0. The van der Waals surface area contributed by atoms with Crippen LogP contribution in [0.1, 0.15) is 43.7 Å². The Balaban J connectivity index is 1.17. The maximum absolute atomic E-state index is 14.5. The van der Waals surface area contributed by atoms with Gasteiger partial charge < -0.3 is 19.6 Å². The van der Waals surface area contributed by atoms with E-state index < -0.39 is 35.8 Å². The minimum Gasteiger partial charge on any atom is -0.493 e. The highest BCUT2D eigenvalue weighted by atomic mass is 19.1. The fourth-order valence-electron chi connectivity index (χ4n) is 4.61. The van der Waals surface area contributed by atoms with Crippen molar-refractivity contribution in [3.05, 3.63) is 47.3 Å². The molecule has 1 amide bonds. The molecule has 194 valence electrons. The molecule has 2 aliphatic rings. The van der Waals surface area contributed by atoms with Crippen LogP contribution in [0.3, 0.4) is 0 Å². The zero-order valence-corrected chi connectivity index (χ0v) is 20.5. The van der Waals surface area contributed by atoms with Gasteiger partial charge in [0.05, 0.1) is 18.9 Å². The number of halogens is 2. The van der Waals surface area contributed by atoms with E-state index in [0.717, 1.165) is 68.8 Å². The van der Waals surface area contributed by atoms with Crippen molar-refractivity contribution >= 4 is 17.8 Å². The third-order valence-corrected chi connectivity index (χ3v) is 7.05. The second kappa shape index (κ2) is 11.6. The highest BCUT2D eigenvalue weighted by Crippen LogP contribution is 2.26. The molecule has 0 spiro atoms. The van der Waals surface area contributed by atoms with Crippen LogP contribution in [-0.4, -0.2) is 64.6 Å². The number of carboxylic acid groups (broad SMARTS) is 1. The Bertz CT molecular complexity index is 1050.